The molecule has 1 atom stereocenters. The Hall–Kier alpha value is -2.18. The van der Waals surface area contributed by atoms with Gasteiger partial charge in [-0.3, -0.25) is 0 Å². The van der Waals surface area contributed by atoms with Crippen molar-refractivity contribution < 1.29 is 0 Å². The Bertz CT molecular complexity index is 770. The Labute approximate surface area is 159 Å². The van der Waals surface area contributed by atoms with Crippen molar-refractivity contribution in [1.29, 1.82) is 0 Å². The fraction of sp³-hybridized carbons (Fsp3) is 0.421. The summed E-state index contributed by atoms with van der Waals surface area (Å²) in [6.45, 7) is 7.24. The number of hydrogen-bond acceptors (Lipinski definition) is 6. The molecule has 2 heterocycles. The number of likely N-dealkylation sites (tertiary alicyclic amines) is 1. The van der Waals surface area contributed by atoms with Gasteiger partial charge in [0.1, 0.15) is 5.69 Å². The van der Waals surface area contributed by atoms with Crippen LogP contribution >= 0.6 is 11.6 Å². The number of nitrogens with two attached hydrogens (primary N) is 1. The number of nitrogens with zero attached hydrogens (tertiary/aromatic N) is 4. The lowest BCUT2D eigenvalue weighted by Gasteiger charge is -2.32. The van der Waals surface area contributed by atoms with Crippen molar-refractivity contribution in [3.8, 4) is 11.3 Å². The van der Waals surface area contributed by atoms with Crippen LogP contribution in [0.4, 0.5) is 5.95 Å². The lowest BCUT2D eigenvalue weighted by molar-refractivity contribution is 0.226. The van der Waals surface area contributed by atoms with Gasteiger partial charge in [0.2, 0.25) is 5.95 Å². The second-order valence-electron chi connectivity index (χ2n) is 6.64. The first-order valence-electron chi connectivity index (χ1n) is 8.98. The van der Waals surface area contributed by atoms with Crippen LogP contribution in [0.2, 0.25) is 5.02 Å². The van der Waals surface area contributed by atoms with Crippen molar-refractivity contribution in [3.05, 3.63) is 40.7 Å². The van der Waals surface area contributed by atoms with E-state index < -0.39 is 0 Å². The maximum absolute atomic E-state index is 5.98. The van der Waals surface area contributed by atoms with Gasteiger partial charge in [-0.15, -0.1) is 10.2 Å². The van der Waals surface area contributed by atoms with E-state index in [9.17, 15) is 0 Å². The molecule has 0 bridgehead atoms. The third-order valence-electron chi connectivity index (χ3n) is 4.48. The summed E-state index contributed by atoms with van der Waals surface area (Å²) in [6.07, 6.45) is 4.11. The van der Waals surface area contributed by atoms with Gasteiger partial charge in [0.25, 0.3) is 0 Å². The number of aromatic nitrogens is 3. The Balaban J connectivity index is 1.86. The molecule has 0 spiro atoms. The van der Waals surface area contributed by atoms with Crippen LogP contribution in [0.25, 0.3) is 17.3 Å². The Morgan fingerprint density at radius 2 is 2.12 bits per heavy atom. The average Bonchev–Trinajstić information content (AvgIpc) is 2.63. The molecule has 7 heteroatoms. The second-order valence-corrected chi connectivity index (χ2v) is 7.08. The number of nitrogens with one attached hydrogen (secondary N) is 1. The standard InChI is InChI=1S/C19H25ClN6/c1-3-26-10-4-5-16(12-26)22-19-23-17(11-13(2)21)18(24-25-19)14-6-8-15(20)9-7-14/h6-9,11,16H,3-5,10,12,21H2,1-2H3,(H,22,23,25). The smallest absolute Gasteiger partial charge is 0.243 e. The molecule has 2 aromatic rings. The number of likely N-dealkylation sites (N-methyl/N-ethyl adjacent to an activating group) is 1. The molecule has 1 fully saturated rings. The van der Waals surface area contributed by atoms with Crippen molar-refractivity contribution >= 4 is 23.6 Å². The van der Waals surface area contributed by atoms with Crippen molar-refractivity contribution in [1.82, 2.24) is 20.1 Å². The van der Waals surface area contributed by atoms with Crippen LogP contribution in [0.5, 0.6) is 0 Å². The van der Waals surface area contributed by atoms with Crippen LogP contribution in [0.15, 0.2) is 30.0 Å². The molecule has 1 aromatic heterocycles. The van der Waals surface area contributed by atoms with E-state index >= 15 is 0 Å². The molecular formula is C19H25ClN6. The van der Waals surface area contributed by atoms with E-state index in [4.69, 9.17) is 17.3 Å². The SMILES string of the molecule is CCN1CCCC(Nc2nnc(-c3ccc(Cl)cc3)c(C=C(C)N)n2)C1. The summed E-state index contributed by atoms with van der Waals surface area (Å²) in [5.74, 6) is 0.540. The number of hydrogen-bond donors (Lipinski definition) is 2. The number of benzene rings is 1. The quantitative estimate of drug-likeness (QED) is 0.837. The average molecular weight is 373 g/mol. The molecular weight excluding hydrogens is 348 g/mol. The molecule has 1 saturated heterocycles. The number of halogens is 1. The van der Waals surface area contributed by atoms with Crippen LogP contribution in [0.3, 0.4) is 0 Å². The van der Waals surface area contributed by atoms with Crippen LogP contribution in [-0.4, -0.2) is 45.8 Å². The second kappa shape index (κ2) is 8.47. The summed E-state index contributed by atoms with van der Waals surface area (Å²) in [5.41, 5.74) is 8.86. The summed E-state index contributed by atoms with van der Waals surface area (Å²) < 4.78 is 0. The van der Waals surface area contributed by atoms with Gasteiger partial charge >= 0.3 is 0 Å². The summed E-state index contributed by atoms with van der Waals surface area (Å²) in [6, 6.07) is 7.81. The third kappa shape index (κ3) is 4.71. The van der Waals surface area contributed by atoms with Crippen LogP contribution in [0, 0.1) is 0 Å². The zero-order valence-corrected chi connectivity index (χ0v) is 16.0. The van der Waals surface area contributed by atoms with Crippen molar-refractivity contribution in [2.45, 2.75) is 32.7 Å². The molecule has 3 N–H and O–H groups in total. The summed E-state index contributed by atoms with van der Waals surface area (Å²) in [5, 5.41) is 12.8. The predicted molar refractivity (Wildman–Crippen MR) is 107 cm³/mol. The van der Waals surface area contributed by atoms with Crippen LogP contribution in [0.1, 0.15) is 32.4 Å². The minimum Gasteiger partial charge on any atom is -0.402 e. The van der Waals surface area contributed by atoms with E-state index in [0.29, 0.717) is 34.1 Å². The number of anilines is 1. The zero-order chi connectivity index (χ0) is 18.5. The molecule has 6 nitrogen and oxygen atoms in total. The maximum atomic E-state index is 5.98. The van der Waals surface area contributed by atoms with E-state index in [1.165, 1.54) is 6.42 Å². The normalized spacial score (nSPS) is 18.7. The monoisotopic (exact) mass is 372 g/mol. The van der Waals surface area contributed by atoms with E-state index in [0.717, 1.165) is 31.6 Å². The van der Waals surface area contributed by atoms with Gasteiger partial charge in [0, 0.05) is 28.9 Å². The van der Waals surface area contributed by atoms with Crippen molar-refractivity contribution in [2.24, 2.45) is 5.73 Å². The predicted octanol–water partition coefficient (Wildman–Crippen LogP) is 3.41. The molecule has 1 unspecified atom stereocenters. The molecule has 1 aliphatic heterocycles. The molecule has 138 valence electrons. The lowest BCUT2D eigenvalue weighted by atomic mass is 10.1. The highest BCUT2D eigenvalue weighted by Crippen LogP contribution is 2.24. The highest BCUT2D eigenvalue weighted by atomic mass is 35.5. The van der Waals surface area contributed by atoms with Gasteiger partial charge in [-0.1, -0.05) is 30.7 Å². The molecule has 1 aromatic carbocycles. The Morgan fingerprint density at radius 3 is 2.81 bits per heavy atom. The Morgan fingerprint density at radius 1 is 1.35 bits per heavy atom. The van der Waals surface area contributed by atoms with Crippen LogP contribution in [-0.2, 0) is 0 Å². The van der Waals surface area contributed by atoms with E-state index in [1.807, 2.05) is 37.3 Å². The minimum absolute atomic E-state index is 0.336. The van der Waals surface area contributed by atoms with Crippen LogP contribution < -0.4 is 11.1 Å². The number of piperidine rings is 1. The molecule has 0 radical (unpaired) electrons. The fourth-order valence-corrected chi connectivity index (χ4v) is 3.30. The van der Waals surface area contributed by atoms with Crippen molar-refractivity contribution in [3.63, 3.8) is 0 Å². The highest BCUT2D eigenvalue weighted by Gasteiger charge is 2.20. The zero-order valence-electron chi connectivity index (χ0n) is 15.2. The first-order chi connectivity index (χ1) is 12.5. The maximum Gasteiger partial charge on any atom is 0.243 e. The van der Waals surface area contributed by atoms with Gasteiger partial charge in [0.15, 0.2) is 0 Å². The molecule has 0 amide bonds. The van der Waals surface area contributed by atoms with Gasteiger partial charge in [-0.25, -0.2) is 4.98 Å². The Kier molecular flexibility index (Phi) is 6.06. The summed E-state index contributed by atoms with van der Waals surface area (Å²) in [4.78, 5) is 7.10. The first-order valence-corrected chi connectivity index (χ1v) is 9.36. The third-order valence-corrected chi connectivity index (χ3v) is 4.73. The van der Waals surface area contributed by atoms with Crippen molar-refractivity contribution in [2.75, 3.05) is 25.0 Å². The van der Waals surface area contributed by atoms with Gasteiger partial charge in [-0.05, 0) is 51.1 Å². The summed E-state index contributed by atoms with van der Waals surface area (Å²) >= 11 is 5.98. The minimum atomic E-state index is 0.336. The molecule has 0 aliphatic carbocycles. The van der Waals surface area contributed by atoms with Gasteiger partial charge in [0.05, 0.1) is 5.69 Å². The van der Waals surface area contributed by atoms with Gasteiger partial charge in [-0.2, -0.15) is 0 Å². The van der Waals surface area contributed by atoms with Gasteiger partial charge < -0.3 is 16.0 Å². The topological polar surface area (TPSA) is 80.0 Å². The number of rotatable bonds is 5. The molecule has 1 aliphatic rings. The number of allylic oxidation sites excluding steroid dienone is 1. The molecule has 3 rings (SSSR count). The molecule has 0 saturated carbocycles. The summed E-state index contributed by atoms with van der Waals surface area (Å²) in [7, 11) is 0. The first kappa shape index (κ1) is 18.6. The largest absolute Gasteiger partial charge is 0.402 e. The lowest BCUT2D eigenvalue weighted by Crippen LogP contribution is -2.42. The fourth-order valence-electron chi connectivity index (χ4n) is 3.17. The highest BCUT2D eigenvalue weighted by molar-refractivity contribution is 6.30. The van der Waals surface area contributed by atoms with E-state index in [2.05, 4.69) is 32.3 Å². The van der Waals surface area contributed by atoms with E-state index in [1.54, 1.807) is 0 Å². The van der Waals surface area contributed by atoms with E-state index in [-0.39, 0.29) is 0 Å². The molecule has 26 heavy (non-hydrogen) atoms.